The number of aryl methyl sites for hydroxylation is 1. The van der Waals surface area contributed by atoms with Crippen LogP contribution >= 0.6 is 11.6 Å². The Morgan fingerprint density at radius 2 is 1.91 bits per heavy atom. The molecule has 7 heteroatoms. The fourth-order valence-corrected chi connectivity index (χ4v) is 4.75. The maximum atomic E-state index is 13.3. The van der Waals surface area contributed by atoms with Crippen molar-refractivity contribution in [1.82, 2.24) is 4.90 Å². The Morgan fingerprint density at radius 3 is 2.69 bits per heavy atom. The van der Waals surface area contributed by atoms with E-state index in [1.54, 1.807) is 36.4 Å². The van der Waals surface area contributed by atoms with Gasteiger partial charge in [0.25, 0.3) is 11.8 Å². The van der Waals surface area contributed by atoms with Crippen LogP contribution in [0.5, 0.6) is 5.75 Å². The summed E-state index contributed by atoms with van der Waals surface area (Å²) in [5.74, 6) is 0.229. The summed E-state index contributed by atoms with van der Waals surface area (Å²) in [6, 6.07) is 20.9. The van der Waals surface area contributed by atoms with E-state index < -0.39 is 0 Å². The summed E-state index contributed by atoms with van der Waals surface area (Å²) in [7, 11) is 0. The SMILES string of the molecule is Cc1cccc(N2CCN(C(=O)c3ccc4c(c3)NC(=O)/C(=C\c3cccc(Cl)c3)O4)C[C@@H]2C)c1. The van der Waals surface area contributed by atoms with Gasteiger partial charge in [0.15, 0.2) is 11.5 Å². The lowest BCUT2D eigenvalue weighted by atomic mass is 10.1. The van der Waals surface area contributed by atoms with Gasteiger partial charge in [-0.1, -0.05) is 35.9 Å². The molecule has 0 aliphatic carbocycles. The van der Waals surface area contributed by atoms with E-state index in [1.165, 1.54) is 11.3 Å². The molecule has 0 bridgehead atoms. The van der Waals surface area contributed by atoms with E-state index in [9.17, 15) is 9.59 Å². The Hall–Kier alpha value is -3.77. The number of hydrogen-bond acceptors (Lipinski definition) is 4. The largest absolute Gasteiger partial charge is 0.449 e. The minimum absolute atomic E-state index is 0.0574. The number of anilines is 2. The average molecular weight is 488 g/mol. The van der Waals surface area contributed by atoms with Gasteiger partial charge in [-0.15, -0.1) is 0 Å². The Balaban J connectivity index is 1.30. The summed E-state index contributed by atoms with van der Waals surface area (Å²) >= 11 is 6.04. The van der Waals surface area contributed by atoms with E-state index in [-0.39, 0.29) is 23.6 Å². The summed E-state index contributed by atoms with van der Waals surface area (Å²) in [6.45, 7) is 6.24. The molecule has 2 heterocycles. The van der Waals surface area contributed by atoms with Crippen molar-refractivity contribution in [3.63, 3.8) is 0 Å². The van der Waals surface area contributed by atoms with Gasteiger partial charge in [-0.25, -0.2) is 0 Å². The van der Waals surface area contributed by atoms with Gasteiger partial charge >= 0.3 is 0 Å². The number of piperazine rings is 1. The summed E-state index contributed by atoms with van der Waals surface area (Å²) in [5, 5.41) is 3.42. The van der Waals surface area contributed by atoms with Crippen molar-refractivity contribution in [3.8, 4) is 5.75 Å². The Labute approximate surface area is 209 Å². The van der Waals surface area contributed by atoms with Gasteiger partial charge in [-0.05, 0) is 73.5 Å². The molecule has 3 aromatic rings. The average Bonchev–Trinajstić information content (AvgIpc) is 2.84. The van der Waals surface area contributed by atoms with Crippen molar-refractivity contribution in [1.29, 1.82) is 0 Å². The number of ether oxygens (including phenoxy) is 1. The molecule has 0 radical (unpaired) electrons. The van der Waals surface area contributed by atoms with E-state index in [4.69, 9.17) is 16.3 Å². The highest BCUT2D eigenvalue weighted by atomic mass is 35.5. The van der Waals surface area contributed by atoms with Gasteiger partial charge in [0.2, 0.25) is 0 Å². The van der Waals surface area contributed by atoms with Gasteiger partial charge in [0, 0.05) is 41.9 Å². The third kappa shape index (κ3) is 4.88. The molecule has 1 N–H and O–H groups in total. The summed E-state index contributed by atoms with van der Waals surface area (Å²) in [5.41, 5.74) is 4.16. The zero-order valence-corrected chi connectivity index (χ0v) is 20.4. The zero-order valence-electron chi connectivity index (χ0n) is 19.6. The van der Waals surface area contributed by atoms with Gasteiger partial charge in [0.1, 0.15) is 0 Å². The molecule has 178 valence electrons. The molecule has 2 amide bonds. The highest BCUT2D eigenvalue weighted by molar-refractivity contribution is 6.30. The van der Waals surface area contributed by atoms with Crippen LogP contribution in [0.25, 0.3) is 6.08 Å². The Bertz CT molecular complexity index is 1340. The minimum atomic E-state index is -0.373. The third-order valence-corrected chi connectivity index (χ3v) is 6.55. The number of hydrogen-bond donors (Lipinski definition) is 1. The summed E-state index contributed by atoms with van der Waals surface area (Å²) in [6.07, 6.45) is 1.64. The first-order valence-electron chi connectivity index (χ1n) is 11.6. The van der Waals surface area contributed by atoms with Gasteiger partial charge < -0.3 is 19.9 Å². The highest BCUT2D eigenvalue weighted by Gasteiger charge is 2.29. The molecule has 1 atom stereocenters. The first-order chi connectivity index (χ1) is 16.9. The molecule has 0 unspecified atom stereocenters. The fourth-order valence-electron chi connectivity index (χ4n) is 4.56. The number of nitrogens with zero attached hydrogens (tertiary/aromatic N) is 2. The van der Waals surface area contributed by atoms with Gasteiger partial charge in [0.05, 0.1) is 5.69 Å². The lowest BCUT2D eigenvalue weighted by molar-refractivity contribution is -0.115. The molecule has 35 heavy (non-hydrogen) atoms. The number of rotatable bonds is 3. The Kier molecular flexibility index (Phi) is 6.22. The van der Waals surface area contributed by atoms with Gasteiger partial charge in [-0.2, -0.15) is 0 Å². The second-order valence-corrected chi connectivity index (χ2v) is 9.40. The highest BCUT2D eigenvalue weighted by Crippen LogP contribution is 2.33. The number of amides is 2. The van der Waals surface area contributed by atoms with E-state index in [2.05, 4.69) is 48.3 Å². The molecule has 1 fully saturated rings. The second-order valence-electron chi connectivity index (χ2n) is 8.96. The van der Waals surface area contributed by atoms with Crippen LogP contribution < -0.4 is 15.0 Å². The van der Waals surface area contributed by atoms with Crippen molar-refractivity contribution in [2.75, 3.05) is 29.9 Å². The quantitative estimate of drug-likeness (QED) is 0.504. The number of nitrogens with one attached hydrogen (secondary N) is 1. The molecule has 1 saturated heterocycles. The molecule has 2 aliphatic rings. The van der Waals surface area contributed by atoms with Crippen LogP contribution in [0.15, 0.2) is 72.5 Å². The van der Waals surface area contributed by atoms with Crippen molar-refractivity contribution < 1.29 is 14.3 Å². The number of carbonyl (C=O) groups excluding carboxylic acids is 2. The van der Waals surface area contributed by atoms with Crippen molar-refractivity contribution in [3.05, 3.63) is 94.2 Å². The lowest BCUT2D eigenvalue weighted by Crippen LogP contribution is -2.53. The molecule has 0 aromatic heterocycles. The lowest BCUT2D eigenvalue weighted by Gasteiger charge is -2.41. The number of carbonyl (C=O) groups is 2. The van der Waals surface area contributed by atoms with Crippen LogP contribution in [0.2, 0.25) is 5.02 Å². The monoisotopic (exact) mass is 487 g/mol. The van der Waals surface area contributed by atoms with E-state index in [0.29, 0.717) is 35.1 Å². The minimum Gasteiger partial charge on any atom is -0.449 e. The van der Waals surface area contributed by atoms with Crippen LogP contribution in [0, 0.1) is 6.92 Å². The maximum absolute atomic E-state index is 13.3. The van der Waals surface area contributed by atoms with Crippen LogP contribution in [0.1, 0.15) is 28.4 Å². The number of benzene rings is 3. The van der Waals surface area contributed by atoms with Crippen molar-refractivity contribution in [2.24, 2.45) is 0 Å². The smallest absolute Gasteiger partial charge is 0.291 e. The predicted molar refractivity (Wildman–Crippen MR) is 139 cm³/mol. The standard InChI is InChI=1S/C28H26ClN3O3/c1-18-5-3-8-23(13-18)32-12-11-31(17-19(32)2)28(34)21-9-10-25-24(16-21)30-27(33)26(35-25)15-20-6-4-7-22(29)14-20/h3-10,13-16,19H,11-12,17H2,1-2H3,(H,30,33)/b26-15+/t19-/m0/s1. The molecule has 0 saturated carbocycles. The number of halogens is 1. The normalized spacial score (nSPS) is 18.7. The molecule has 6 nitrogen and oxygen atoms in total. The zero-order chi connectivity index (χ0) is 24.5. The summed E-state index contributed by atoms with van der Waals surface area (Å²) in [4.78, 5) is 30.1. The van der Waals surface area contributed by atoms with Crippen LogP contribution in [0.3, 0.4) is 0 Å². The fraction of sp³-hybridized carbons (Fsp3) is 0.214. The maximum Gasteiger partial charge on any atom is 0.291 e. The van der Waals surface area contributed by atoms with E-state index in [1.807, 2.05) is 17.0 Å². The summed E-state index contributed by atoms with van der Waals surface area (Å²) < 4.78 is 5.83. The van der Waals surface area contributed by atoms with Crippen molar-refractivity contribution in [2.45, 2.75) is 19.9 Å². The number of fused-ring (bicyclic) bond motifs is 1. The first-order valence-corrected chi connectivity index (χ1v) is 12.0. The van der Waals surface area contributed by atoms with Gasteiger partial charge in [-0.3, -0.25) is 9.59 Å². The first kappa shape index (κ1) is 23.0. The van der Waals surface area contributed by atoms with Crippen LogP contribution in [-0.2, 0) is 4.79 Å². The molecule has 3 aromatic carbocycles. The topological polar surface area (TPSA) is 61.9 Å². The van der Waals surface area contributed by atoms with Crippen LogP contribution in [-0.4, -0.2) is 42.4 Å². The van der Waals surface area contributed by atoms with E-state index >= 15 is 0 Å². The van der Waals surface area contributed by atoms with Crippen LogP contribution in [0.4, 0.5) is 11.4 Å². The molecule has 2 aliphatic heterocycles. The Morgan fingerprint density at radius 1 is 1.09 bits per heavy atom. The molecular formula is C28H26ClN3O3. The molecule has 5 rings (SSSR count). The van der Waals surface area contributed by atoms with E-state index in [0.717, 1.165) is 12.1 Å². The third-order valence-electron chi connectivity index (χ3n) is 6.31. The molecular weight excluding hydrogens is 462 g/mol. The second kappa shape index (κ2) is 9.47. The van der Waals surface area contributed by atoms with Crippen molar-refractivity contribution >= 4 is 40.9 Å². The predicted octanol–water partition coefficient (Wildman–Crippen LogP) is 5.37. The molecule has 0 spiro atoms.